The molecule has 0 fully saturated rings. The van der Waals surface area contributed by atoms with Crippen molar-refractivity contribution < 1.29 is 4.79 Å². The van der Waals surface area contributed by atoms with E-state index in [0.717, 1.165) is 11.4 Å². The smallest absolute Gasteiger partial charge is 0.272 e. The van der Waals surface area contributed by atoms with E-state index in [2.05, 4.69) is 28.9 Å². The van der Waals surface area contributed by atoms with Gasteiger partial charge in [-0.3, -0.25) is 9.48 Å². The molecule has 21 heavy (non-hydrogen) atoms. The van der Waals surface area contributed by atoms with Crippen molar-refractivity contribution in [2.45, 2.75) is 32.7 Å². The minimum Gasteiger partial charge on any atom is -0.332 e. The molecule has 0 aliphatic carbocycles. The van der Waals surface area contributed by atoms with Crippen LogP contribution in [0.5, 0.6) is 0 Å². The zero-order valence-corrected chi connectivity index (χ0v) is 13.1. The van der Waals surface area contributed by atoms with E-state index in [9.17, 15) is 4.79 Å². The molecule has 0 aliphatic heterocycles. The molecule has 2 rings (SSSR count). The summed E-state index contributed by atoms with van der Waals surface area (Å²) in [7, 11) is 3.57. The molecule has 6 nitrogen and oxygen atoms in total. The van der Waals surface area contributed by atoms with E-state index < -0.39 is 0 Å². The molecule has 0 saturated heterocycles. The molecule has 2 heterocycles. The molecule has 0 N–H and O–H groups in total. The van der Waals surface area contributed by atoms with E-state index >= 15 is 0 Å². The van der Waals surface area contributed by atoms with Crippen LogP contribution in [0.15, 0.2) is 24.7 Å². The number of aromatic nitrogens is 4. The monoisotopic (exact) mass is 287 g/mol. The van der Waals surface area contributed by atoms with Crippen molar-refractivity contribution in [2.75, 3.05) is 7.05 Å². The average molecular weight is 287 g/mol. The lowest BCUT2D eigenvalue weighted by atomic mass is 10.1. The number of aryl methyl sites for hydroxylation is 1. The largest absolute Gasteiger partial charge is 0.332 e. The second-order valence-electron chi connectivity index (χ2n) is 5.46. The molecular weight excluding hydrogens is 266 g/mol. The van der Waals surface area contributed by atoms with Crippen molar-refractivity contribution in [2.24, 2.45) is 7.05 Å². The Balaban J connectivity index is 2.23. The minimum absolute atomic E-state index is 0.0667. The van der Waals surface area contributed by atoms with E-state index in [1.807, 2.05) is 19.1 Å². The van der Waals surface area contributed by atoms with Gasteiger partial charge in [0.25, 0.3) is 5.91 Å². The standard InChI is InChI=1S/C15H21N5O/c1-10(2)13-8-14(20(5)18-13)15(21)19(4)11(3)12-6-7-16-9-17-12/h6-11H,1-5H3/t11-/m1/s1. The van der Waals surface area contributed by atoms with Gasteiger partial charge in [0.1, 0.15) is 12.0 Å². The fraction of sp³-hybridized carbons (Fsp3) is 0.467. The molecule has 0 saturated carbocycles. The fourth-order valence-corrected chi connectivity index (χ4v) is 2.07. The maximum atomic E-state index is 12.6. The third-order valence-corrected chi connectivity index (χ3v) is 3.64. The SMILES string of the molecule is CC(C)c1cc(C(=O)N(C)[C@H](C)c2ccncn2)n(C)n1. The van der Waals surface area contributed by atoms with Crippen LogP contribution in [-0.4, -0.2) is 37.6 Å². The molecule has 112 valence electrons. The maximum absolute atomic E-state index is 12.6. The van der Waals surface area contributed by atoms with Crippen LogP contribution in [0.2, 0.25) is 0 Å². The van der Waals surface area contributed by atoms with Crippen LogP contribution >= 0.6 is 0 Å². The minimum atomic E-state index is -0.127. The van der Waals surface area contributed by atoms with Crippen LogP contribution in [0.1, 0.15) is 54.6 Å². The number of carbonyl (C=O) groups is 1. The zero-order valence-electron chi connectivity index (χ0n) is 13.1. The highest BCUT2D eigenvalue weighted by molar-refractivity contribution is 5.92. The molecule has 1 amide bonds. The lowest BCUT2D eigenvalue weighted by molar-refractivity contribution is 0.0728. The molecular formula is C15H21N5O. The van der Waals surface area contributed by atoms with Crippen molar-refractivity contribution in [1.82, 2.24) is 24.6 Å². The van der Waals surface area contributed by atoms with Gasteiger partial charge in [-0.2, -0.15) is 5.10 Å². The molecule has 0 unspecified atom stereocenters. The molecule has 1 atom stereocenters. The number of carbonyl (C=O) groups excluding carboxylic acids is 1. The molecule has 0 aromatic carbocycles. The van der Waals surface area contributed by atoms with Gasteiger partial charge in [0.05, 0.1) is 17.4 Å². The number of hydrogen-bond donors (Lipinski definition) is 0. The van der Waals surface area contributed by atoms with E-state index in [1.165, 1.54) is 6.33 Å². The summed E-state index contributed by atoms with van der Waals surface area (Å²) in [6, 6.07) is 3.55. The van der Waals surface area contributed by atoms with Gasteiger partial charge in [-0.15, -0.1) is 0 Å². The van der Waals surface area contributed by atoms with Gasteiger partial charge in [0.2, 0.25) is 0 Å². The maximum Gasteiger partial charge on any atom is 0.272 e. The molecule has 0 aliphatic rings. The fourth-order valence-electron chi connectivity index (χ4n) is 2.07. The van der Waals surface area contributed by atoms with Crippen molar-refractivity contribution in [3.63, 3.8) is 0 Å². The van der Waals surface area contributed by atoms with Crippen LogP contribution in [0.3, 0.4) is 0 Å². The van der Waals surface area contributed by atoms with Gasteiger partial charge in [-0.25, -0.2) is 9.97 Å². The number of rotatable bonds is 4. The predicted octanol–water partition coefficient (Wildman–Crippen LogP) is 2.17. The Morgan fingerprint density at radius 2 is 2.00 bits per heavy atom. The lowest BCUT2D eigenvalue weighted by Crippen LogP contribution is -2.31. The van der Waals surface area contributed by atoms with Crippen molar-refractivity contribution >= 4 is 5.91 Å². The van der Waals surface area contributed by atoms with E-state index in [1.54, 1.807) is 29.9 Å². The number of amides is 1. The van der Waals surface area contributed by atoms with Crippen molar-refractivity contribution in [3.8, 4) is 0 Å². The first-order valence-corrected chi connectivity index (χ1v) is 6.98. The van der Waals surface area contributed by atoms with Crippen LogP contribution in [0.4, 0.5) is 0 Å². The summed E-state index contributed by atoms with van der Waals surface area (Å²) in [6.45, 7) is 6.06. The Labute approximate surface area is 124 Å². The van der Waals surface area contributed by atoms with Crippen LogP contribution in [0, 0.1) is 0 Å². The molecule has 0 bridgehead atoms. The summed E-state index contributed by atoms with van der Waals surface area (Å²) in [6.07, 6.45) is 3.17. The highest BCUT2D eigenvalue weighted by Crippen LogP contribution is 2.20. The summed E-state index contributed by atoms with van der Waals surface area (Å²) >= 11 is 0. The quantitative estimate of drug-likeness (QED) is 0.864. The van der Waals surface area contributed by atoms with Gasteiger partial charge >= 0.3 is 0 Å². The summed E-state index contributed by atoms with van der Waals surface area (Å²) in [4.78, 5) is 22.4. The lowest BCUT2D eigenvalue weighted by Gasteiger charge is -2.24. The third-order valence-electron chi connectivity index (χ3n) is 3.64. The Morgan fingerprint density at radius 1 is 1.29 bits per heavy atom. The van der Waals surface area contributed by atoms with E-state index in [4.69, 9.17) is 0 Å². The Morgan fingerprint density at radius 3 is 2.52 bits per heavy atom. The van der Waals surface area contributed by atoms with Gasteiger partial charge < -0.3 is 4.90 Å². The zero-order chi connectivity index (χ0) is 15.6. The van der Waals surface area contributed by atoms with Crippen LogP contribution < -0.4 is 0 Å². The van der Waals surface area contributed by atoms with E-state index in [0.29, 0.717) is 11.6 Å². The van der Waals surface area contributed by atoms with Gasteiger partial charge in [0, 0.05) is 20.3 Å². The Kier molecular flexibility index (Phi) is 4.35. The molecule has 0 spiro atoms. The first-order valence-electron chi connectivity index (χ1n) is 6.98. The molecule has 6 heteroatoms. The molecule has 0 radical (unpaired) electrons. The third kappa shape index (κ3) is 3.09. The predicted molar refractivity (Wildman–Crippen MR) is 79.8 cm³/mol. The Bertz CT molecular complexity index is 620. The average Bonchev–Trinajstić information content (AvgIpc) is 2.88. The van der Waals surface area contributed by atoms with Crippen molar-refractivity contribution in [3.05, 3.63) is 41.7 Å². The highest BCUT2D eigenvalue weighted by atomic mass is 16.2. The van der Waals surface area contributed by atoms with Gasteiger partial charge in [-0.1, -0.05) is 13.8 Å². The summed E-state index contributed by atoms with van der Waals surface area (Å²) < 4.78 is 1.64. The summed E-state index contributed by atoms with van der Waals surface area (Å²) in [5.74, 6) is 0.227. The van der Waals surface area contributed by atoms with Gasteiger partial charge in [0.15, 0.2) is 0 Å². The highest BCUT2D eigenvalue weighted by Gasteiger charge is 2.23. The van der Waals surface area contributed by atoms with Crippen LogP contribution in [-0.2, 0) is 7.05 Å². The van der Waals surface area contributed by atoms with Gasteiger partial charge in [-0.05, 0) is 25.0 Å². The van der Waals surface area contributed by atoms with Crippen molar-refractivity contribution in [1.29, 1.82) is 0 Å². The summed E-state index contributed by atoms with van der Waals surface area (Å²) in [5, 5.41) is 4.39. The summed E-state index contributed by atoms with van der Waals surface area (Å²) in [5.41, 5.74) is 2.32. The first-order chi connectivity index (χ1) is 9.91. The first kappa shape index (κ1) is 15.2. The second kappa shape index (κ2) is 6.03. The second-order valence-corrected chi connectivity index (χ2v) is 5.46. The normalized spacial score (nSPS) is 12.5. The number of nitrogens with zero attached hydrogens (tertiary/aromatic N) is 5. The Hall–Kier alpha value is -2.24. The van der Waals surface area contributed by atoms with E-state index in [-0.39, 0.29) is 11.9 Å². The topological polar surface area (TPSA) is 63.9 Å². The molecule has 2 aromatic rings. The van der Waals surface area contributed by atoms with Crippen LogP contribution in [0.25, 0.3) is 0 Å². The number of hydrogen-bond acceptors (Lipinski definition) is 4. The molecule has 2 aromatic heterocycles.